The highest BCUT2D eigenvalue weighted by atomic mass is 35.5. The van der Waals surface area contributed by atoms with Crippen molar-refractivity contribution in [1.82, 2.24) is 9.97 Å². The van der Waals surface area contributed by atoms with Crippen LogP contribution < -0.4 is 10.1 Å². The Balaban J connectivity index is 1.67. The molecule has 7 heteroatoms. The van der Waals surface area contributed by atoms with E-state index in [1.165, 1.54) is 11.3 Å². The van der Waals surface area contributed by atoms with Crippen LogP contribution in [0.3, 0.4) is 0 Å². The lowest BCUT2D eigenvalue weighted by Gasteiger charge is -2.06. The summed E-state index contributed by atoms with van der Waals surface area (Å²) in [5.74, 6) is 0.465. The number of halogens is 1. The molecule has 2 aromatic heterocycles. The maximum atomic E-state index is 12.5. The predicted molar refractivity (Wildman–Crippen MR) is 104 cm³/mol. The van der Waals surface area contributed by atoms with Crippen LogP contribution >= 0.6 is 22.9 Å². The third-order valence-corrected chi connectivity index (χ3v) is 5.26. The minimum absolute atomic E-state index is 0.205. The van der Waals surface area contributed by atoms with Gasteiger partial charge in [0.15, 0.2) is 0 Å². The van der Waals surface area contributed by atoms with Crippen molar-refractivity contribution < 1.29 is 9.53 Å². The van der Waals surface area contributed by atoms with Gasteiger partial charge in [0.25, 0.3) is 5.91 Å². The molecular weight excluding hydrogens is 370 g/mol. The Hall–Kier alpha value is -2.44. The Morgan fingerprint density at radius 2 is 2.04 bits per heavy atom. The molecule has 0 radical (unpaired) electrons. The maximum Gasteiger partial charge on any atom is 0.267 e. The summed E-state index contributed by atoms with van der Waals surface area (Å²) in [4.78, 5) is 21.7. The van der Waals surface area contributed by atoms with Crippen molar-refractivity contribution in [2.24, 2.45) is 0 Å². The van der Waals surface area contributed by atoms with Gasteiger partial charge in [-0.05, 0) is 50.6 Å². The van der Waals surface area contributed by atoms with Crippen molar-refractivity contribution in [1.29, 1.82) is 0 Å². The standard InChI is InChI=1S/C19H18ClN3O2S/c1-11-4-6-14(8-16(11)20)23-19(24)18-13(3)22-17(26-18)10-25-15-7-5-12(2)21-9-15/h4-9H,10H2,1-3H3,(H,23,24). The zero-order valence-electron chi connectivity index (χ0n) is 14.7. The zero-order chi connectivity index (χ0) is 18.7. The van der Waals surface area contributed by atoms with Crippen LogP contribution in [0.15, 0.2) is 36.5 Å². The topological polar surface area (TPSA) is 64.1 Å². The maximum absolute atomic E-state index is 12.5. The van der Waals surface area contributed by atoms with E-state index in [9.17, 15) is 4.79 Å². The number of aryl methyl sites for hydroxylation is 3. The van der Waals surface area contributed by atoms with Crippen LogP contribution in [-0.2, 0) is 6.61 Å². The van der Waals surface area contributed by atoms with E-state index in [1.807, 2.05) is 45.0 Å². The normalized spacial score (nSPS) is 10.6. The molecule has 0 spiro atoms. The summed E-state index contributed by atoms with van der Waals surface area (Å²) >= 11 is 7.42. The van der Waals surface area contributed by atoms with Gasteiger partial charge >= 0.3 is 0 Å². The summed E-state index contributed by atoms with van der Waals surface area (Å²) in [5, 5.41) is 4.20. The van der Waals surface area contributed by atoms with E-state index in [0.717, 1.165) is 16.3 Å². The van der Waals surface area contributed by atoms with Gasteiger partial charge in [0.1, 0.15) is 22.2 Å². The van der Waals surface area contributed by atoms with Gasteiger partial charge in [-0.25, -0.2) is 4.98 Å². The summed E-state index contributed by atoms with van der Waals surface area (Å²) in [6, 6.07) is 9.17. The molecule has 26 heavy (non-hydrogen) atoms. The molecule has 3 aromatic rings. The molecule has 1 aromatic carbocycles. The number of nitrogens with zero attached hydrogens (tertiary/aromatic N) is 2. The first-order chi connectivity index (χ1) is 12.4. The van der Waals surface area contributed by atoms with E-state index in [1.54, 1.807) is 12.3 Å². The lowest BCUT2D eigenvalue weighted by atomic mass is 10.2. The van der Waals surface area contributed by atoms with Gasteiger partial charge in [-0.1, -0.05) is 17.7 Å². The SMILES string of the molecule is Cc1ccc(OCc2nc(C)c(C(=O)Nc3ccc(C)c(Cl)c3)s2)cn1. The van der Waals surface area contributed by atoms with Crippen LogP contribution in [0.4, 0.5) is 5.69 Å². The number of benzene rings is 1. The van der Waals surface area contributed by atoms with E-state index in [0.29, 0.717) is 33.6 Å². The number of rotatable bonds is 5. The largest absolute Gasteiger partial charge is 0.485 e. The molecule has 2 heterocycles. The van der Waals surface area contributed by atoms with Crippen molar-refractivity contribution in [2.45, 2.75) is 27.4 Å². The number of pyridine rings is 1. The second-order valence-electron chi connectivity index (χ2n) is 5.86. The molecular formula is C19H18ClN3O2S. The molecule has 0 aliphatic carbocycles. The first-order valence-corrected chi connectivity index (χ1v) is 9.21. The highest BCUT2D eigenvalue weighted by molar-refractivity contribution is 7.13. The predicted octanol–water partition coefficient (Wildman–Crippen LogP) is 4.95. The number of aromatic nitrogens is 2. The fraction of sp³-hybridized carbons (Fsp3) is 0.211. The van der Waals surface area contributed by atoms with E-state index in [-0.39, 0.29) is 5.91 Å². The lowest BCUT2D eigenvalue weighted by Crippen LogP contribution is -2.11. The molecule has 3 rings (SSSR count). The Morgan fingerprint density at radius 1 is 1.23 bits per heavy atom. The Bertz CT molecular complexity index is 938. The number of ether oxygens (including phenoxy) is 1. The molecule has 5 nitrogen and oxygen atoms in total. The smallest absolute Gasteiger partial charge is 0.267 e. The van der Waals surface area contributed by atoms with Gasteiger partial charge in [0.2, 0.25) is 0 Å². The first kappa shape index (κ1) is 18.4. The average molecular weight is 388 g/mol. The molecule has 1 amide bonds. The van der Waals surface area contributed by atoms with Crippen LogP contribution in [0.1, 0.15) is 31.6 Å². The highest BCUT2D eigenvalue weighted by Gasteiger charge is 2.16. The highest BCUT2D eigenvalue weighted by Crippen LogP contribution is 2.24. The van der Waals surface area contributed by atoms with Crippen LogP contribution in [0.5, 0.6) is 5.75 Å². The van der Waals surface area contributed by atoms with Gasteiger partial charge in [-0.2, -0.15) is 0 Å². The van der Waals surface area contributed by atoms with Crippen molar-refractivity contribution in [2.75, 3.05) is 5.32 Å². The van der Waals surface area contributed by atoms with Crippen LogP contribution in [-0.4, -0.2) is 15.9 Å². The van der Waals surface area contributed by atoms with Gasteiger partial charge in [0, 0.05) is 16.4 Å². The molecule has 134 valence electrons. The number of carbonyl (C=O) groups excluding carboxylic acids is 1. The van der Waals surface area contributed by atoms with E-state index < -0.39 is 0 Å². The molecule has 0 bridgehead atoms. The molecule has 0 saturated heterocycles. The minimum Gasteiger partial charge on any atom is -0.485 e. The molecule has 0 unspecified atom stereocenters. The molecule has 1 N–H and O–H groups in total. The van der Waals surface area contributed by atoms with Gasteiger partial charge in [-0.3, -0.25) is 9.78 Å². The number of amides is 1. The van der Waals surface area contributed by atoms with Gasteiger partial charge in [-0.15, -0.1) is 11.3 Å². The van der Waals surface area contributed by atoms with Crippen molar-refractivity contribution >= 4 is 34.5 Å². The Morgan fingerprint density at radius 3 is 2.73 bits per heavy atom. The molecule has 0 aliphatic rings. The first-order valence-electron chi connectivity index (χ1n) is 8.01. The molecule has 0 fully saturated rings. The van der Waals surface area contributed by atoms with Crippen molar-refractivity contribution in [3.63, 3.8) is 0 Å². The summed E-state index contributed by atoms with van der Waals surface area (Å²) in [5.41, 5.74) is 3.22. The third-order valence-electron chi connectivity index (χ3n) is 3.72. The van der Waals surface area contributed by atoms with Crippen LogP contribution in [0, 0.1) is 20.8 Å². The monoisotopic (exact) mass is 387 g/mol. The fourth-order valence-corrected chi connectivity index (χ4v) is 3.32. The summed E-state index contributed by atoms with van der Waals surface area (Å²) in [6.45, 7) is 5.93. The third kappa shape index (κ3) is 4.39. The number of nitrogens with one attached hydrogen (secondary N) is 1. The van der Waals surface area contributed by atoms with Gasteiger partial charge in [0.05, 0.1) is 11.9 Å². The second kappa shape index (κ2) is 7.85. The quantitative estimate of drug-likeness (QED) is 0.672. The van der Waals surface area contributed by atoms with E-state index in [2.05, 4.69) is 15.3 Å². The molecule has 0 atom stereocenters. The number of hydrogen-bond donors (Lipinski definition) is 1. The molecule has 0 saturated carbocycles. The van der Waals surface area contributed by atoms with Crippen LogP contribution in [0.25, 0.3) is 0 Å². The van der Waals surface area contributed by atoms with Crippen LogP contribution in [0.2, 0.25) is 5.02 Å². The summed E-state index contributed by atoms with van der Waals surface area (Å²) in [6.07, 6.45) is 1.67. The number of thiazole rings is 1. The number of hydrogen-bond acceptors (Lipinski definition) is 5. The number of anilines is 1. The van der Waals surface area contributed by atoms with Gasteiger partial charge < -0.3 is 10.1 Å². The van der Waals surface area contributed by atoms with Crippen molar-refractivity contribution in [3.05, 3.63) is 68.4 Å². The summed E-state index contributed by atoms with van der Waals surface area (Å²) in [7, 11) is 0. The zero-order valence-corrected chi connectivity index (χ0v) is 16.2. The Labute approximate surface area is 161 Å². The summed E-state index contributed by atoms with van der Waals surface area (Å²) < 4.78 is 5.68. The Kier molecular flexibility index (Phi) is 5.54. The van der Waals surface area contributed by atoms with E-state index in [4.69, 9.17) is 16.3 Å². The van der Waals surface area contributed by atoms with Crippen molar-refractivity contribution in [3.8, 4) is 5.75 Å². The average Bonchev–Trinajstić information content (AvgIpc) is 2.98. The second-order valence-corrected chi connectivity index (χ2v) is 7.36. The lowest BCUT2D eigenvalue weighted by molar-refractivity contribution is 0.103. The minimum atomic E-state index is -0.205. The number of carbonyl (C=O) groups is 1. The fourth-order valence-electron chi connectivity index (χ4n) is 2.27. The molecule has 0 aliphatic heterocycles. The van der Waals surface area contributed by atoms with E-state index >= 15 is 0 Å².